The molecule has 0 N–H and O–H groups in total. The van der Waals surface area contributed by atoms with E-state index < -0.39 is 6.10 Å². The summed E-state index contributed by atoms with van der Waals surface area (Å²) < 4.78 is 16.5. The largest absolute Gasteiger partial charge is 0.462 e. The summed E-state index contributed by atoms with van der Waals surface area (Å²) in [6.45, 7) is 8.90. The number of carbonyl (C=O) groups excluding carboxylic acids is 3. The Morgan fingerprint density at radius 3 is 1.08 bits per heavy atom. The highest BCUT2D eigenvalue weighted by Gasteiger charge is 2.19. The fourth-order valence-electron chi connectivity index (χ4n) is 6.06. The van der Waals surface area contributed by atoms with E-state index in [1.54, 1.807) is 0 Å². The van der Waals surface area contributed by atoms with E-state index in [4.69, 9.17) is 14.2 Å². The van der Waals surface area contributed by atoms with Crippen molar-refractivity contribution in [2.75, 3.05) is 13.2 Å². The zero-order chi connectivity index (χ0) is 35.3. The molecule has 0 bridgehead atoms. The second-order valence-corrected chi connectivity index (χ2v) is 14.5. The molecular formula is C42H80O6. The molecule has 0 radical (unpaired) electrons. The van der Waals surface area contributed by atoms with Crippen molar-refractivity contribution >= 4 is 17.9 Å². The Bertz CT molecular complexity index is 723. The molecule has 0 saturated carbocycles. The van der Waals surface area contributed by atoms with E-state index in [0.29, 0.717) is 19.3 Å². The number of esters is 3. The standard InChI is InChI=1S/C42H80O6/c1-5-8-10-12-13-14-15-16-17-18-22-26-29-33-40(43)46-36-39(48-42(45)35-31-24-11-9-6-2)37-47-41(44)34-30-27-23-20-19-21-25-28-32-38(4)7-3/h38-39H,5-37H2,1-4H3/t38?,39-/m1/s1. The van der Waals surface area contributed by atoms with Gasteiger partial charge >= 0.3 is 17.9 Å². The van der Waals surface area contributed by atoms with Crippen molar-refractivity contribution in [2.45, 2.75) is 233 Å². The van der Waals surface area contributed by atoms with Crippen molar-refractivity contribution in [2.24, 2.45) is 5.92 Å². The molecule has 0 aromatic rings. The predicted molar refractivity (Wildman–Crippen MR) is 201 cm³/mol. The third-order valence-corrected chi connectivity index (χ3v) is 9.65. The smallest absolute Gasteiger partial charge is 0.306 e. The van der Waals surface area contributed by atoms with Gasteiger partial charge in [-0.3, -0.25) is 14.4 Å². The molecule has 48 heavy (non-hydrogen) atoms. The van der Waals surface area contributed by atoms with E-state index in [-0.39, 0.29) is 31.1 Å². The Kier molecular flexibility index (Phi) is 35.5. The number of unbranched alkanes of at least 4 members (excludes halogenated alkanes) is 23. The maximum absolute atomic E-state index is 12.5. The summed E-state index contributed by atoms with van der Waals surface area (Å²) in [7, 11) is 0. The van der Waals surface area contributed by atoms with Crippen LogP contribution in [0.25, 0.3) is 0 Å². The Morgan fingerprint density at radius 2 is 0.729 bits per heavy atom. The van der Waals surface area contributed by atoms with Gasteiger partial charge in [0.15, 0.2) is 6.10 Å². The van der Waals surface area contributed by atoms with Crippen LogP contribution in [0.1, 0.15) is 227 Å². The van der Waals surface area contributed by atoms with Crippen molar-refractivity contribution in [3.05, 3.63) is 0 Å². The second kappa shape index (κ2) is 36.7. The lowest BCUT2D eigenvalue weighted by Crippen LogP contribution is -2.30. The highest BCUT2D eigenvalue weighted by atomic mass is 16.6. The number of hydrogen-bond acceptors (Lipinski definition) is 6. The summed E-state index contributed by atoms with van der Waals surface area (Å²) in [5, 5.41) is 0. The minimum absolute atomic E-state index is 0.0660. The molecule has 0 saturated heterocycles. The molecule has 0 aliphatic heterocycles. The first-order chi connectivity index (χ1) is 23.4. The molecule has 0 aromatic carbocycles. The van der Waals surface area contributed by atoms with E-state index in [2.05, 4.69) is 27.7 Å². The van der Waals surface area contributed by atoms with Gasteiger partial charge in [0.2, 0.25) is 0 Å². The summed E-state index contributed by atoms with van der Waals surface area (Å²) in [5.41, 5.74) is 0. The highest BCUT2D eigenvalue weighted by molar-refractivity contribution is 5.71. The van der Waals surface area contributed by atoms with Crippen LogP contribution >= 0.6 is 0 Å². The van der Waals surface area contributed by atoms with Crippen LogP contribution in [0, 0.1) is 5.92 Å². The first-order valence-corrected chi connectivity index (χ1v) is 20.9. The molecule has 0 aliphatic rings. The fourth-order valence-corrected chi connectivity index (χ4v) is 6.06. The zero-order valence-electron chi connectivity index (χ0n) is 32.4. The molecule has 0 heterocycles. The van der Waals surface area contributed by atoms with Gasteiger partial charge in [0.25, 0.3) is 0 Å². The van der Waals surface area contributed by atoms with E-state index in [9.17, 15) is 14.4 Å². The molecule has 6 nitrogen and oxygen atoms in total. The number of ether oxygens (including phenoxy) is 3. The zero-order valence-corrected chi connectivity index (χ0v) is 32.4. The molecule has 0 rings (SSSR count). The van der Waals surface area contributed by atoms with Crippen molar-refractivity contribution in [1.29, 1.82) is 0 Å². The van der Waals surface area contributed by atoms with E-state index >= 15 is 0 Å². The molecule has 6 heteroatoms. The van der Waals surface area contributed by atoms with Crippen molar-refractivity contribution in [3.63, 3.8) is 0 Å². The first kappa shape index (κ1) is 46.4. The van der Waals surface area contributed by atoms with E-state index in [1.165, 1.54) is 116 Å². The second-order valence-electron chi connectivity index (χ2n) is 14.5. The third-order valence-electron chi connectivity index (χ3n) is 9.65. The lowest BCUT2D eigenvalue weighted by molar-refractivity contribution is -0.167. The lowest BCUT2D eigenvalue weighted by atomic mass is 9.99. The van der Waals surface area contributed by atoms with Crippen molar-refractivity contribution < 1.29 is 28.6 Å². The maximum atomic E-state index is 12.5. The van der Waals surface area contributed by atoms with Crippen LogP contribution in [0.4, 0.5) is 0 Å². The van der Waals surface area contributed by atoms with Crippen LogP contribution in [-0.2, 0) is 28.6 Å². The maximum Gasteiger partial charge on any atom is 0.306 e. The Labute approximate surface area is 298 Å². The average Bonchev–Trinajstić information content (AvgIpc) is 3.08. The summed E-state index contributed by atoms with van der Waals surface area (Å²) in [6, 6.07) is 0. The van der Waals surface area contributed by atoms with Crippen LogP contribution in [-0.4, -0.2) is 37.2 Å². The summed E-state index contributed by atoms with van der Waals surface area (Å²) >= 11 is 0. The van der Waals surface area contributed by atoms with Gasteiger partial charge in [-0.25, -0.2) is 0 Å². The van der Waals surface area contributed by atoms with Gasteiger partial charge in [-0.2, -0.15) is 0 Å². The average molecular weight is 681 g/mol. The Balaban J connectivity index is 4.20. The molecular weight excluding hydrogens is 600 g/mol. The quantitative estimate of drug-likeness (QED) is 0.0369. The number of hydrogen-bond donors (Lipinski definition) is 0. The minimum atomic E-state index is -0.756. The van der Waals surface area contributed by atoms with E-state index in [1.807, 2.05) is 0 Å². The Morgan fingerprint density at radius 1 is 0.417 bits per heavy atom. The molecule has 0 fully saturated rings. The van der Waals surface area contributed by atoms with Gasteiger partial charge < -0.3 is 14.2 Å². The summed E-state index contributed by atoms with van der Waals surface area (Å²) in [6.07, 6.45) is 33.9. The van der Waals surface area contributed by atoms with Crippen LogP contribution in [0.15, 0.2) is 0 Å². The normalized spacial score (nSPS) is 12.5. The highest BCUT2D eigenvalue weighted by Crippen LogP contribution is 2.16. The molecule has 0 aliphatic carbocycles. The van der Waals surface area contributed by atoms with Gasteiger partial charge in [-0.1, -0.05) is 188 Å². The van der Waals surface area contributed by atoms with E-state index in [0.717, 1.165) is 70.1 Å². The number of carbonyl (C=O) groups is 3. The lowest BCUT2D eigenvalue weighted by Gasteiger charge is -2.18. The van der Waals surface area contributed by atoms with Gasteiger partial charge in [0, 0.05) is 19.3 Å². The number of rotatable bonds is 37. The fraction of sp³-hybridized carbons (Fsp3) is 0.929. The molecule has 0 amide bonds. The van der Waals surface area contributed by atoms with Crippen molar-refractivity contribution in [3.8, 4) is 0 Å². The summed E-state index contributed by atoms with van der Waals surface area (Å²) in [5.74, 6) is -0.0272. The van der Waals surface area contributed by atoms with Crippen LogP contribution in [0.3, 0.4) is 0 Å². The van der Waals surface area contributed by atoms with Gasteiger partial charge in [0.1, 0.15) is 13.2 Å². The molecule has 1 unspecified atom stereocenters. The van der Waals surface area contributed by atoms with Crippen LogP contribution in [0.2, 0.25) is 0 Å². The molecule has 0 aromatic heterocycles. The van der Waals surface area contributed by atoms with Gasteiger partial charge in [-0.05, 0) is 25.2 Å². The third kappa shape index (κ3) is 34.3. The summed E-state index contributed by atoms with van der Waals surface area (Å²) in [4.78, 5) is 37.3. The minimum Gasteiger partial charge on any atom is -0.462 e. The Hall–Kier alpha value is -1.59. The first-order valence-electron chi connectivity index (χ1n) is 20.9. The molecule has 2 atom stereocenters. The molecule has 0 spiro atoms. The van der Waals surface area contributed by atoms with Crippen molar-refractivity contribution in [1.82, 2.24) is 0 Å². The monoisotopic (exact) mass is 681 g/mol. The predicted octanol–water partition coefficient (Wildman–Crippen LogP) is 12.8. The topological polar surface area (TPSA) is 78.9 Å². The van der Waals surface area contributed by atoms with Gasteiger partial charge in [0.05, 0.1) is 0 Å². The SMILES string of the molecule is CCCCCCCCCCCCCCCC(=O)OC[C@H](COC(=O)CCCCCCCCCCC(C)CC)OC(=O)CCCCCCC. The van der Waals surface area contributed by atoms with Crippen LogP contribution < -0.4 is 0 Å². The van der Waals surface area contributed by atoms with Gasteiger partial charge in [-0.15, -0.1) is 0 Å². The van der Waals surface area contributed by atoms with Crippen LogP contribution in [0.5, 0.6) is 0 Å². The molecule has 284 valence electrons.